The molecule has 0 radical (unpaired) electrons. The van der Waals surface area contributed by atoms with Crippen LogP contribution in [0.3, 0.4) is 0 Å². The number of hydrogen-bond donors (Lipinski definition) is 3. The van der Waals surface area contributed by atoms with Crippen LogP contribution in [0.25, 0.3) is 5.69 Å². The first-order chi connectivity index (χ1) is 10.1. The minimum Gasteiger partial charge on any atom is -0.326 e. The van der Waals surface area contributed by atoms with Crippen LogP contribution >= 0.6 is 0 Å². The van der Waals surface area contributed by atoms with Gasteiger partial charge < -0.3 is 15.6 Å². The summed E-state index contributed by atoms with van der Waals surface area (Å²) in [6.07, 6.45) is 3.26. The monoisotopic (exact) mass is 286 g/mol. The maximum absolute atomic E-state index is 12.2. The van der Waals surface area contributed by atoms with Crippen LogP contribution in [-0.2, 0) is 4.79 Å². The Hall–Kier alpha value is -2.34. The number of imidazole rings is 1. The minimum absolute atomic E-state index is 0.0111. The van der Waals surface area contributed by atoms with Gasteiger partial charge in [0.1, 0.15) is 0 Å². The molecule has 6 nitrogen and oxygen atoms in total. The highest BCUT2D eigenvalue weighted by Crippen LogP contribution is 2.19. The summed E-state index contributed by atoms with van der Waals surface area (Å²) < 4.78 is 1.51. The summed E-state index contributed by atoms with van der Waals surface area (Å²) in [6, 6.07) is 7.22. The van der Waals surface area contributed by atoms with Crippen LogP contribution in [0.4, 0.5) is 5.69 Å². The SMILES string of the molecule is CC1CNCC1C(=O)Nc1ccc(-n2cc[nH]c2=O)cc1. The molecule has 0 bridgehead atoms. The summed E-state index contributed by atoms with van der Waals surface area (Å²) in [5, 5.41) is 6.15. The number of nitrogens with zero attached hydrogens (tertiary/aromatic N) is 1. The average Bonchev–Trinajstić information content (AvgIpc) is 3.08. The maximum Gasteiger partial charge on any atom is 0.330 e. The van der Waals surface area contributed by atoms with Crippen LogP contribution in [0.1, 0.15) is 6.92 Å². The number of hydrogen-bond acceptors (Lipinski definition) is 3. The van der Waals surface area contributed by atoms with Gasteiger partial charge in [0.15, 0.2) is 0 Å². The fraction of sp³-hybridized carbons (Fsp3) is 0.333. The van der Waals surface area contributed by atoms with E-state index in [0.29, 0.717) is 5.92 Å². The number of aromatic nitrogens is 2. The second kappa shape index (κ2) is 5.57. The van der Waals surface area contributed by atoms with Gasteiger partial charge in [-0.1, -0.05) is 6.92 Å². The van der Waals surface area contributed by atoms with E-state index in [1.807, 2.05) is 0 Å². The molecule has 3 N–H and O–H groups in total. The molecule has 3 rings (SSSR count). The van der Waals surface area contributed by atoms with Crippen molar-refractivity contribution in [3.8, 4) is 5.69 Å². The summed E-state index contributed by atoms with van der Waals surface area (Å²) in [5.74, 6) is 0.402. The van der Waals surface area contributed by atoms with E-state index in [4.69, 9.17) is 0 Å². The number of carbonyl (C=O) groups is 1. The molecule has 1 aromatic heterocycles. The van der Waals surface area contributed by atoms with Crippen molar-refractivity contribution >= 4 is 11.6 Å². The number of nitrogens with one attached hydrogen (secondary N) is 3. The van der Waals surface area contributed by atoms with E-state index in [-0.39, 0.29) is 17.5 Å². The van der Waals surface area contributed by atoms with E-state index in [9.17, 15) is 9.59 Å². The first kappa shape index (κ1) is 13.6. The highest BCUT2D eigenvalue weighted by molar-refractivity contribution is 5.93. The van der Waals surface area contributed by atoms with Gasteiger partial charge in [-0.05, 0) is 36.7 Å². The molecule has 2 aromatic rings. The van der Waals surface area contributed by atoms with Gasteiger partial charge in [0.25, 0.3) is 0 Å². The lowest BCUT2D eigenvalue weighted by Crippen LogP contribution is -2.27. The van der Waals surface area contributed by atoms with E-state index < -0.39 is 0 Å². The Morgan fingerprint density at radius 3 is 2.62 bits per heavy atom. The average molecular weight is 286 g/mol. The molecule has 2 unspecified atom stereocenters. The molecule has 1 aliphatic heterocycles. The van der Waals surface area contributed by atoms with Crippen LogP contribution in [-0.4, -0.2) is 28.5 Å². The highest BCUT2D eigenvalue weighted by Gasteiger charge is 2.29. The third kappa shape index (κ3) is 2.75. The molecule has 21 heavy (non-hydrogen) atoms. The predicted molar refractivity (Wildman–Crippen MR) is 80.5 cm³/mol. The van der Waals surface area contributed by atoms with Gasteiger partial charge in [0.05, 0.1) is 11.6 Å². The smallest absolute Gasteiger partial charge is 0.326 e. The topological polar surface area (TPSA) is 78.9 Å². The molecule has 2 atom stereocenters. The number of anilines is 1. The van der Waals surface area contributed by atoms with Crippen molar-refractivity contribution in [2.24, 2.45) is 11.8 Å². The summed E-state index contributed by atoms with van der Waals surface area (Å²) >= 11 is 0. The number of rotatable bonds is 3. The zero-order chi connectivity index (χ0) is 14.8. The van der Waals surface area contributed by atoms with Crippen molar-refractivity contribution < 1.29 is 4.79 Å². The van der Waals surface area contributed by atoms with Gasteiger partial charge in [0.2, 0.25) is 5.91 Å². The zero-order valence-corrected chi connectivity index (χ0v) is 11.8. The Morgan fingerprint density at radius 2 is 2.05 bits per heavy atom. The van der Waals surface area contributed by atoms with Crippen LogP contribution in [0.15, 0.2) is 41.5 Å². The lowest BCUT2D eigenvalue weighted by molar-refractivity contribution is -0.120. The van der Waals surface area contributed by atoms with Crippen molar-refractivity contribution in [3.63, 3.8) is 0 Å². The fourth-order valence-electron chi connectivity index (χ4n) is 2.63. The predicted octanol–water partition coefficient (Wildman–Crippen LogP) is 0.960. The molecule has 1 aromatic carbocycles. The normalized spacial score (nSPS) is 21.4. The van der Waals surface area contributed by atoms with Crippen molar-refractivity contribution in [3.05, 3.63) is 47.1 Å². The number of H-pyrrole nitrogens is 1. The Balaban J connectivity index is 1.71. The number of benzene rings is 1. The van der Waals surface area contributed by atoms with E-state index in [1.54, 1.807) is 36.7 Å². The molecule has 2 heterocycles. The van der Waals surface area contributed by atoms with Crippen LogP contribution in [0, 0.1) is 11.8 Å². The third-order valence-electron chi connectivity index (χ3n) is 3.92. The quantitative estimate of drug-likeness (QED) is 0.786. The molecular weight excluding hydrogens is 268 g/mol. The third-order valence-corrected chi connectivity index (χ3v) is 3.92. The molecule has 6 heteroatoms. The summed E-state index contributed by atoms with van der Waals surface area (Å²) in [7, 11) is 0. The number of carbonyl (C=O) groups excluding carboxylic acids is 1. The molecule has 0 aliphatic carbocycles. The van der Waals surface area contributed by atoms with Crippen LogP contribution in [0.5, 0.6) is 0 Å². The van der Waals surface area contributed by atoms with Crippen LogP contribution in [0.2, 0.25) is 0 Å². The molecule has 1 amide bonds. The van der Waals surface area contributed by atoms with E-state index in [1.165, 1.54) is 4.57 Å². The van der Waals surface area contributed by atoms with Crippen molar-refractivity contribution in [2.45, 2.75) is 6.92 Å². The summed E-state index contributed by atoms with van der Waals surface area (Å²) in [6.45, 7) is 3.68. The Bertz CT molecular complexity index is 686. The van der Waals surface area contributed by atoms with Crippen molar-refractivity contribution in [1.29, 1.82) is 0 Å². The van der Waals surface area contributed by atoms with Crippen molar-refractivity contribution in [2.75, 3.05) is 18.4 Å². The number of amides is 1. The molecular formula is C15H18N4O2. The van der Waals surface area contributed by atoms with Gasteiger partial charge in [-0.2, -0.15) is 0 Å². The first-order valence-corrected chi connectivity index (χ1v) is 7.03. The summed E-state index contributed by atoms with van der Waals surface area (Å²) in [5.41, 5.74) is 1.32. The van der Waals surface area contributed by atoms with E-state index >= 15 is 0 Å². The number of aromatic amines is 1. The lowest BCUT2D eigenvalue weighted by atomic mass is 9.97. The Kier molecular flexibility index (Phi) is 3.62. The Morgan fingerprint density at radius 1 is 1.29 bits per heavy atom. The van der Waals surface area contributed by atoms with Gasteiger partial charge >= 0.3 is 5.69 Å². The van der Waals surface area contributed by atoms with E-state index in [0.717, 1.165) is 24.5 Å². The van der Waals surface area contributed by atoms with Crippen molar-refractivity contribution in [1.82, 2.24) is 14.9 Å². The lowest BCUT2D eigenvalue weighted by Gasteiger charge is -2.14. The fourth-order valence-corrected chi connectivity index (χ4v) is 2.63. The second-order valence-corrected chi connectivity index (χ2v) is 5.41. The standard InChI is InChI=1S/C15H18N4O2/c1-10-8-16-9-13(10)14(20)18-11-2-4-12(5-3-11)19-7-6-17-15(19)21/h2-7,10,13,16H,8-9H2,1H3,(H,17,21)(H,18,20). The largest absolute Gasteiger partial charge is 0.330 e. The highest BCUT2D eigenvalue weighted by atomic mass is 16.2. The Labute approximate surface area is 122 Å². The molecule has 1 saturated heterocycles. The van der Waals surface area contributed by atoms with Gasteiger partial charge in [-0.25, -0.2) is 4.79 Å². The molecule has 0 spiro atoms. The van der Waals surface area contributed by atoms with Gasteiger partial charge in [-0.3, -0.25) is 9.36 Å². The minimum atomic E-state index is -0.183. The van der Waals surface area contributed by atoms with Crippen LogP contribution < -0.4 is 16.3 Å². The molecule has 110 valence electrons. The molecule has 1 fully saturated rings. The molecule has 1 aliphatic rings. The van der Waals surface area contributed by atoms with Gasteiger partial charge in [-0.15, -0.1) is 0 Å². The second-order valence-electron chi connectivity index (χ2n) is 5.41. The summed E-state index contributed by atoms with van der Waals surface area (Å²) in [4.78, 5) is 26.3. The van der Waals surface area contributed by atoms with E-state index in [2.05, 4.69) is 22.5 Å². The first-order valence-electron chi connectivity index (χ1n) is 7.03. The zero-order valence-electron chi connectivity index (χ0n) is 11.8. The molecule has 0 saturated carbocycles. The maximum atomic E-state index is 12.2. The van der Waals surface area contributed by atoms with Gasteiger partial charge in [0, 0.05) is 24.6 Å².